The van der Waals surface area contributed by atoms with Crippen LogP contribution in [0.2, 0.25) is 0 Å². The van der Waals surface area contributed by atoms with E-state index in [0.717, 1.165) is 17.7 Å². The largest absolute Gasteiger partial charge is 0.452 e. The number of nitrogens with zero attached hydrogens (tertiary/aromatic N) is 1. The molecule has 1 unspecified atom stereocenters. The third-order valence-corrected chi connectivity index (χ3v) is 7.35. The summed E-state index contributed by atoms with van der Waals surface area (Å²) in [7, 11) is -3.56. The Morgan fingerprint density at radius 1 is 1.22 bits per heavy atom. The monoisotopic (exact) mass is 407 g/mol. The second-order valence-corrected chi connectivity index (χ2v) is 9.46. The summed E-state index contributed by atoms with van der Waals surface area (Å²) < 4.78 is 29.5. The van der Waals surface area contributed by atoms with Crippen LogP contribution in [0.4, 0.5) is 0 Å². The number of sulfone groups is 1. The summed E-state index contributed by atoms with van der Waals surface area (Å²) in [4.78, 5) is 27.7. The van der Waals surface area contributed by atoms with Gasteiger partial charge in [-0.1, -0.05) is 25.1 Å². The van der Waals surface area contributed by atoms with Gasteiger partial charge in [0.1, 0.15) is 0 Å². The lowest BCUT2D eigenvalue weighted by Crippen LogP contribution is -2.34. The van der Waals surface area contributed by atoms with Gasteiger partial charge in [0.05, 0.1) is 22.3 Å². The van der Waals surface area contributed by atoms with Crippen LogP contribution >= 0.6 is 11.3 Å². The highest BCUT2D eigenvalue weighted by Crippen LogP contribution is 2.34. The minimum atomic E-state index is -3.56. The van der Waals surface area contributed by atoms with E-state index in [1.165, 1.54) is 19.1 Å². The van der Waals surface area contributed by atoms with Crippen molar-refractivity contribution in [3.05, 3.63) is 52.2 Å². The van der Waals surface area contributed by atoms with E-state index < -0.39 is 22.4 Å². The first-order valence-electron chi connectivity index (χ1n) is 8.76. The molecular weight excluding hydrogens is 386 g/mol. The second-order valence-electron chi connectivity index (χ2n) is 6.24. The van der Waals surface area contributed by atoms with Crippen LogP contribution in [0, 0.1) is 0 Å². The third-order valence-electron chi connectivity index (χ3n) is 4.59. The molecule has 0 aliphatic carbocycles. The number of carbonyl (C=O) groups is 2. The molecule has 1 aliphatic rings. The van der Waals surface area contributed by atoms with Gasteiger partial charge in [0.25, 0.3) is 5.91 Å². The van der Waals surface area contributed by atoms with Crippen molar-refractivity contribution in [1.82, 2.24) is 4.90 Å². The molecule has 0 N–H and O–H groups in total. The first-order chi connectivity index (χ1) is 12.9. The summed E-state index contributed by atoms with van der Waals surface area (Å²) in [6, 6.07) is 9.87. The quantitative estimate of drug-likeness (QED) is 0.688. The number of rotatable bonds is 6. The van der Waals surface area contributed by atoms with Gasteiger partial charge < -0.3 is 9.64 Å². The Kier molecular flexibility index (Phi) is 5.96. The average molecular weight is 408 g/mol. The molecule has 3 rings (SSSR count). The summed E-state index contributed by atoms with van der Waals surface area (Å²) in [5, 5.41) is 1.97. The molecule has 1 aliphatic heterocycles. The van der Waals surface area contributed by atoms with Crippen LogP contribution in [-0.4, -0.2) is 44.1 Å². The van der Waals surface area contributed by atoms with Crippen molar-refractivity contribution in [2.75, 3.05) is 18.9 Å². The van der Waals surface area contributed by atoms with Crippen LogP contribution in [0.15, 0.2) is 46.7 Å². The third kappa shape index (κ3) is 4.22. The van der Waals surface area contributed by atoms with Gasteiger partial charge in [0.2, 0.25) is 0 Å². The van der Waals surface area contributed by atoms with E-state index in [-0.39, 0.29) is 28.2 Å². The van der Waals surface area contributed by atoms with Crippen molar-refractivity contribution in [2.24, 2.45) is 0 Å². The maximum absolute atomic E-state index is 12.6. The Morgan fingerprint density at radius 3 is 2.70 bits per heavy atom. The highest BCUT2D eigenvalue weighted by Gasteiger charge is 2.31. The predicted octanol–water partition coefficient (Wildman–Crippen LogP) is 3.06. The summed E-state index contributed by atoms with van der Waals surface area (Å²) in [6.07, 6.45) is 1.79. The number of hydrogen-bond acceptors (Lipinski definition) is 6. The normalized spacial score (nSPS) is 17.1. The Bertz CT molecular complexity index is 921. The summed E-state index contributed by atoms with van der Waals surface area (Å²) in [6.45, 7) is 1.74. The van der Waals surface area contributed by atoms with Gasteiger partial charge in [-0.2, -0.15) is 0 Å². The van der Waals surface area contributed by atoms with E-state index in [4.69, 9.17) is 4.74 Å². The number of likely N-dealkylation sites (tertiary alicyclic amines) is 1. The van der Waals surface area contributed by atoms with E-state index in [1.807, 2.05) is 17.5 Å². The van der Waals surface area contributed by atoms with Crippen LogP contribution < -0.4 is 0 Å². The molecule has 1 aromatic heterocycles. The minimum Gasteiger partial charge on any atom is -0.452 e. The standard InChI is InChI=1S/C19H21NO5S2/c1-2-27(23,24)17-10-4-3-7-14(17)19(22)25-13-18(21)20-11-5-8-15(20)16-9-6-12-26-16/h3-4,6-7,9-10,12,15H,2,5,8,11,13H2,1H3. The minimum absolute atomic E-state index is 0.0176. The van der Waals surface area contributed by atoms with E-state index >= 15 is 0 Å². The van der Waals surface area contributed by atoms with Gasteiger partial charge in [0, 0.05) is 11.4 Å². The van der Waals surface area contributed by atoms with Crippen molar-refractivity contribution in [1.29, 1.82) is 0 Å². The van der Waals surface area contributed by atoms with Crippen LogP contribution in [0.5, 0.6) is 0 Å². The van der Waals surface area contributed by atoms with Crippen LogP contribution in [-0.2, 0) is 19.4 Å². The van der Waals surface area contributed by atoms with Crippen molar-refractivity contribution >= 4 is 33.1 Å². The van der Waals surface area contributed by atoms with Gasteiger partial charge in [-0.05, 0) is 36.4 Å². The zero-order valence-electron chi connectivity index (χ0n) is 15.0. The SMILES string of the molecule is CCS(=O)(=O)c1ccccc1C(=O)OCC(=O)N1CCCC1c1cccs1. The fourth-order valence-electron chi connectivity index (χ4n) is 3.19. The zero-order chi connectivity index (χ0) is 19.4. The van der Waals surface area contributed by atoms with Crippen molar-refractivity contribution < 1.29 is 22.7 Å². The van der Waals surface area contributed by atoms with Crippen LogP contribution in [0.25, 0.3) is 0 Å². The molecule has 8 heteroatoms. The van der Waals surface area contributed by atoms with Crippen molar-refractivity contribution in [3.63, 3.8) is 0 Å². The molecule has 0 spiro atoms. The molecule has 0 saturated carbocycles. The Labute approximate surface area is 162 Å². The van der Waals surface area contributed by atoms with Gasteiger partial charge in [-0.15, -0.1) is 11.3 Å². The highest BCUT2D eigenvalue weighted by molar-refractivity contribution is 7.91. The average Bonchev–Trinajstić information content (AvgIpc) is 3.36. The lowest BCUT2D eigenvalue weighted by Gasteiger charge is -2.23. The Balaban J connectivity index is 1.69. The van der Waals surface area contributed by atoms with E-state index in [9.17, 15) is 18.0 Å². The number of ether oxygens (including phenoxy) is 1. The topological polar surface area (TPSA) is 80.7 Å². The molecule has 144 valence electrons. The smallest absolute Gasteiger partial charge is 0.339 e. The molecule has 2 heterocycles. The first-order valence-corrected chi connectivity index (χ1v) is 11.3. The Hall–Kier alpha value is -2.19. The molecule has 1 aromatic carbocycles. The number of benzene rings is 1. The number of amides is 1. The fraction of sp³-hybridized carbons (Fsp3) is 0.368. The lowest BCUT2D eigenvalue weighted by atomic mass is 10.2. The van der Waals surface area contributed by atoms with Crippen LogP contribution in [0.1, 0.15) is 41.0 Å². The Morgan fingerprint density at radius 2 is 2.00 bits per heavy atom. The maximum atomic E-state index is 12.6. The molecule has 6 nitrogen and oxygen atoms in total. The number of carbonyl (C=O) groups excluding carboxylic acids is 2. The fourth-order valence-corrected chi connectivity index (χ4v) is 5.15. The summed E-state index contributed by atoms with van der Waals surface area (Å²) in [5.74, 6) is -1.19. The van der Waals surface area contributed by atoms with Crippen LogP contribution in [0.3, 0.4) is 0 Å². The molecule has 2 aromatic rings. The van der Waals surface area contributed by atoms with E-state index in [2.05, 4.69) is 0 Å². The number of esters is 1. The number of hydrogen-bond donors (Lipinski definition) is 0. The first kappa shape index (κ1) is 19.6. The lowest BCUT2D eigenvalue weighted by molar-refractivity contribution is -0.135. The van der Waals surface area contributed by atoms with Crippen molar-refractivity contribution in [3.8, 4) is 0 Å². The number of thiophene rings is 1. The molecular formula is C19H21NO5S2. The second kappa shape index (κ2) is 8.22. The molecule has 1 amide bonds. The van der Waals surface area contributed by atoms with E-state index in [0.29, 0.717) is 6.54 Å². The molecule has 0 radical (unpaired) electrons. The maximum Gasteiger partial charge on any atom is 0.339 e. The highest BCUT2D eigenvalue weighted by atomic mass is 32.2. The molecule has 27 heavy (non-hydrogen) atoms. The predicted molar refractivity (Wildman–Crippen MR) is 102 cm³/mol. The molecule has 1 atom stereocenters. The van der Waals surface area contributed by atoms with Gasteiger partial charge in [0.15, 0.2) is 16.4 Å². The van der Waals surface area contributed by atoms with Gasteiger partial charge in [-0.25, -0.2) is 13.2 Å². The zero-order valence-corrected chi connectivity index (χ0v) is 16.6. The molecule has 1 saturated heterocycles. The summed E-state index contributed by atoms with van der Waals surface area (Å²) in [5.41, 5.74) is -0.0385. The summed E-state index contributed by atoms with van der Waals surface area (Å²) >= 11 is 1.60. The molecule has 1 fully saturated rings. The van der Waals surface area contributed by atoms with Gasteiger partial charge >= 0.3 is 5.97 Å². The van der Waals surface area contributed by atoms with E-state index in [1.54, 1.807) is 28.4 Å². The van der Waals surface area contributed by atoms with Crippen molar-refractivity contribution in [2.45, 2.75) is 30.7 Å². The van der Waals surface area contributed by atoms with Gasteiger partial charge in [-0.3, -0.25) is 4.79 Å². The molecule has 0 bridgehead atoms.